The summed E-state index contributed by atoms with van der Waals surface area (Å²) in [5.74, 6) is -0.552. The van der Waals surface area contributed by atoms with E-state index < -0.39 is 0 Å². The highest BCUT2D eigenvalue weighted by atomic mass is 16.3. The highest BCUT2D eigenvalue weighted by Crippen LogP contribution is 2.23. The summed E-state index contributed by atoms with van der Waals surface area (Å²) < 4.78 is 0. The molecule has 0 saturated carbocycles. The van der Waals surface area contributed by atoms with Crippen molar-refractivity contribution in [3.63, 3.8) is 0 Å². The predicted molar refractivity (Wildman–Crippen MR) is 55.0 cm³/mol. The summed E-state index contributed by atoms with van der Waals surface area (Å²) in [4.78, 5) is 11.4. The van der Waals surface area contributed by atoms with Crippen LogP contribution in [0.3, 0.4) is 0 Å². The zero-order chi connectivity index (χ0) is 10.6. The highest BCUT2D eigenvalue weighted by molar-refractivity contribution is 5.98. The van der Waals surface area contributed by atoms with Crippen LogP contribution in [0.25, 0.3) is 0 Å². The molecule has 0 aliphatic heterocycles. The van der Waals surface area contributed by atoms with Gasteiger partial charge in [0.05, 0.1) is 11.3 Å². The molecule has 0 aromatic heterocycles. The van der Waals surface area contributed by atoms with Crippen molar-refractivity contribution >= 4 is 11.6 Å². The van der Waals surface area contributed by atoms with E-state index in [0.717, 1.165) is 0 Å². The monoisotopic (exact) mass is 192 g/mol. The Labute approximate surface area is 82.0 Å². The van der Waals surface area contributed by atoms with Crippen molar-refractivity contribution in [3.8, 4) is 5.75 Å². The molecule has 4 nitrogen and oxygen atoms in total. The van der Waals surface area contributed by atoms with Crippen LogP contribution in [0.1, 0.15) is 10.4 Å². The Morgan fingerprint density at radius 2 is 2.36 bits per heavy atom. The van der Waals surface area contributed by atoms with Crippen LogP contribution in [0, 0.1) is 0 Å². The first-order valence-electron chi connectivity index (χ1n) is 4.13. The van der Waals surface area contributed by atoms with Gasteiger partial charge >= 0.3 is 0 Å². The third-order valence-electron chi connectivity index (χ3n) is 1.72. The average molecular weight is 192 g/mol. The van der Waals surface area contributed by atoms with Gasteiger partial charge in [0.1, 0.15) is 0 Å². The third-order valence-corrected chi connectivity index (χ3v) is 1.72. The van der Waals surface area contributed by atoms with Gasteiger partial charge in [-0.1, -0.05) is 12.1 Å². The molecule has 1 amide bonds. The summed E-state index contributed by atoms with van der Waals surface area (Å²) in [6.07, 6.45) is 1.56. The van der Waals surface area contributed by atoms with Crippen LogP contribution in [0.4, 0.5) is 5.69 Å². The Morgan fingerprint density at radius 1 is 1.64 bits per heavy atom. The lowest BCUT2D eigenvalue weighted by Crippen LogP contribution is -2.23. The van der Waals surface area contributed by atoms with Crippen molar-refractivity contribution in [1.29, 1.82) is 0 Å². The second-order valence-electron chi connectivity index (χ2n) is 2.74. The van der Waals surface area contributed by atoms with Crippen LogP contribution in [0.5, 0.6) is 5.75 Å². The molecule has 14 heavy (non-hydrogen) atoms. The van der Waals surface area contributed by atoms with E-state index in [1.807, 2.05) is 0 Å². The van der Waals surface area contributed by atoms with Gasteiger partial charge in [-0.3, -0.25) is 4.79 Å². The summed E-state index contributed by atoms with van der Waals surface area (Å²) in [5, 5.41) is 12.0. The lowest BCUT2D eigenvalue weighted by atomic mass is 10.1. The Morgan fingerprint density at radius 3 is 3.00 bits per heavy atom. The number of hydrogen-bond donors (Lipinski definition) is 3. The van der Waals surface area contributed by atoms with Crippen molar-refractivity contribution in [2.45, 2.75) is 0 Å². The molecule has 4 N–H and O–H groups in total. The molecule has 0 fully saturated rings. The van der Waals surface area contributed by atoms with E-state index in [9.17, 15) is 9.90 Å². The fourth-order valence-corrected chi connectivity index (χ4v) is 1.00. The number of hydrogen-bond acceptors (Lipinski definition) is 3. The van der Waals surface area contributed by atoms with Crippen molar-refractivity contribution in [2.75, 3.05) is 12.3 Å². The van der Waals surface area contributed by atoms with Crippen molar-refractivity contribution in [3.05, 3.63) is 36.4 Å². The van der Waals surface area contributed by atoms with Crippen molar-refractivity contribution in [2.24, 2.45) is 0 Å². The standard InChI is InChI=1S/C10H12N2O2/c1-2-6-12-10(14)7-4-3-5-8(11)9(7)13/h2-5,13H,1,6,11H2,(H,12,14). The molecule has 0 aliphatic rings. The Balaban J connectivity index is 2.89. The van der Waals surface area contributed by atoms with Crippen LogP contribution in [-0.2, 0) is 0 Å². The number of carbonyl (C=O) groups is 1. The van der Waals surface area contributed by atoms with Gasteiger partial charge in [-0.05, 0) is 12.1 Å². The lowest BCUT2D eigenvalue weighted by Gasteiger charge is -2.06. The number of carbonyl (C=O) groups excluding carboxylic acids is 1. The van der Waals surface area contributed by atoms with E-state index in [2.05, 4.69) is 11.9 Å². The molecule has 0 aliphatic carbocycles. The van der Waals surface area contributed by atoms with Crippen molar-refractivity contribution < 1.29 is 9.90 Å². The number of amides is 1. The number of anilines is 1. The summed E-state index contributed by atoms with van der Waals surface area (Å²) >= 11 is 0. The summed E-state index contributed by atoms with van der Waals surface area (Å²) in [6, 6.07) is 4.64. The number of aromatic hydroxyl groups is 1. The SMILES string of the molecule is C=CCNC(=O)c1cccc(N)c1O. The molecular formula is C10H12N2O2. The number of benzene rings is 1. The molecule has 1 aromatic carbocycles. The molecular weight excluding hydrogens is 180 g/mol. The zero-order valence-electron chi connectivity index (χ0n) is 7.66. The Kier molecular flexibility index (Phi) is 3.12. The smallest absolute Gasteiger partial charge is 0.255 e. The maximum atomic E-state index is 11.4. The number of nitrogens with two attached hydrogens (primary N) is 1. The molecule has 74 valence electrons. The van der Waals surface area contributed by atoms with Crippen molar-refractivity contribution in [1.82, 2.24) is 5.32 Å². The van der Waals surface area contributed by atoms with Crippen LogP contribution in [0.2, 0.25) is 0 Å². The van der Waals surface area contributed by atoms with Crippen LogP contribution in [-0.4, -0.2) is 17.6 Å². The fourth-order valence-electron chi connectivity index (χ4n) is 1.00. The minimum atomic E-state index is -0.366. The molecule has 4 heteroatoms. The van der Waals surface area contributed by atoms with Gasteiger partial charge in [0.15, 0.2) is 5.75 Å². The number of nitrogens with one attached hydrogen (secondary N) is 1. The van der Waals surface area contributed by atoms with E-state index in [4.69, 9.17) is 5.73 Å². The highest BCUT2D eigenvalue weighted by Gasteiger charge is 2.11. The van der Waals surface area contributed by atoms with E-state index in [1.165, 1.54) is 12.1 Å². The molecule has 1 rings (SSSR count). The first kappa shape index (κ1) is 10.1. The second-order valence-corrected chi connectivity index (χ2v) is 2.74. The van der Waals surface area contributed by atoms with E-state index >= 15 is 0 Å². The number of phenolic OH excluding ortho intramolecular Hbond substituents is 1. The third kappa shape index (κ3) is 2.04. The first-order chi connectivity index (χ1) is 6.66. The van der Waals surface area contributed by atoms with Gasteiger partial charge in [-0.25, -0.2) is 0 Å². The van der Waals surface area contributed by atoms with Crippen LogP contribution < -0.4 is 11.1 Å². The topological polar surface area (TPSA) is 75.4 Å². The van der Waals surface area contributed by atoms with E-state index in [-0.39, 0.29) is 22.9 Å². The Hall–Kier alpha value is -1.97. The summed E-state index contributed by atoms with van der Waals surface area (Å²) in [7, 11) is 0. The molecule has 0 bridgehead atoms. The molecule has 1 aromatic rings. The predicted octanol–water partition coefficient (Wildman–Crippen LogP) is 0.890. The first-order valence-corrected chi connectivity index (χ1v) is 4.13. The van der Waals surface area contributed by atoms with Crippen LogP contribution in [0.15, 0.2) is 30.9 Å². The van der Waals surface area contributed by atoms with Gasteiger partial charge in [0.25, 0.3) is 5.91 Å². The number of para-hydroxylation sites is 1. The number of phenols is 1. The molecule has 0 radical (unpaired) electrons. The quantitative estimate of drug-likeness (QED) is 0.378. The molecule has 0 heterocycles. The minimum absolute atomic E-state index is 0.173. The summed E-state index contributed by atoms with van der Waals surface area (Å²) in [5.41, 5.74) is 5.80. The van der Waals surface area contributed by atoms with Gasteiger partial charge in [-0.15, -0.1) is 6.58 Å². The molecule has 0 unspecified atom stereocenters. The number of nitrogen functional groups attached to an aromatic ring is 1. The largest absolute Gasteiger partial charge is 0.505 e. The molecule has 0 atom stereocenters. The van der Waals surface area contributed by atoms with Gasteiger partial charge in [-0.2, -0.15) is 0 Å². The second kappa shape index (κ2) is 4.32. The number of rotatable bonds is 3. The van der Waals surface area contributed by atoms with Gasteiger partial charge in [0, 0.05) is 6.54 Å². The molecule has 0 spiro atoms. The van der Waals surface area contributed by atoms with E-state index in [0.29, 0.717) is 6.54 Å². The van der Waals surface area contributed by atoms with Crippen LogP contribution >= 0.6 is 0 Å². The lowest BCUT2D eigenvalue weighted by molar-refractivity contribution is 0.0955. The zero-order valence-corrected chi connectivity index (χ0v) is 7.66. The normalized spacial score (nSPS) is 9.43. The minimum Gasteiger partial charge on any atom is -0.505 e. The van der Waals surface area contributed by atoms with Gasteiger partial charge < -0.3 is 16.2 Å². The Bertz CT molecular complexity index is 361. The molecule has 0 saturated heterocycles. The van der Waals surface area contributed by atoms with Gasteiger partial charge in [0.2, 0.25) is 0 Å². The fraction of sp³-hybridized carbons (Fsp3) is 0.100. The average Bonchev–Trinajstić information content (AvgIpc) is 2.18. The maximum absolute atomic E-state index is 11.4. The summed E-state index contributed by atoms with van der Waals surface area (Å²) in [6.45, 7) is 3.82. The maximum Gasteiger partial charge on any atom is 0.255 e. The van der Waals surface area contributed by atoms with E-state index in [1.54, 1.807) is 12.1 Å².